The van der Waals surface area contributed by atoms with Gasteiger partial charge in [0, 0.05) is 12.5 Å². The molecule has 2 heterocycles. The third-order valence-corrected chi connectivity index (χ3v) is 4.31. The zero-order chi connectivity index (χ0) is 14.8. The maximum absolute atomic E-state index is 10.8. The molecule has 0 bridgehead atoms. The standard InChI is InChI=1S/C16H21N3O2/c1-2-19-14-6-4-3-5-13(14)17-16(19)12-7-9-18(10-8-12)11-15(20)21/h3-6,12H,2,7-11H2,1H3,(H,20,21). The van der Waals surface area contributed by atoms with Crippen LogP contribution in [0.5, 0.6) is 0 Å². The van der Waals surface area contributed by atoms with Crippen LogP contribution < -0.4 is 0 Å². The molecule has 2 aromatic rings. The largest absolute Gasteiger partial charge is 0.480 e. The summed E-state index contributed by atoms with van der Waals surface area (Å²) in [6, 6.07) is 8.25. The van der Waals surface area contributed by atoms with E-state index in [4.69, 9.17) is 10.1 Å². The first-order valence-electron chi connectivity index (χ1n) is 7.58. The summed E-state index contributed by atoms with van der Waals surface area (Å²) in [4.78, 5) is 17.6. The molecule has 21 heavy (non-hydrogen) atoms. The number of imidazole rings is 1. The maximum atomic E-state index is 10.8. The van der Waals surface area contributed by atoms with Crippen LogP contribution in [-0.2, 0) is 11.3 Å². The highest BCUT2D eigenvalue weighted by atomic mass is 16.4. The Labute approximate surface area is 124 Å². The van der Waals surface area contributed by atoms with Crippen molar-refractivity contribution in [2.75, 3.05) is 19.6 Å². The van der Waals surface area contributed by atoms with E-state index in [-0.39, 0.29) is 6.54 Å². The fourth-order valence-corrected chi connectivity index (χ4v) is 3.28. The van der Waals surface area contributed by atoms with Gasteiger partial charge in [-0.15, -0.1) is 0 Å². The molecule has 112 valence electrons. The molecule has 1 aromatic heterocycles. The van der Waals surface area contributed by atoms with Crippen LogP contribution in [0.3, 0.4) is 0 Å². The van der Waals surface area contributed by atoms with E-state index in [9.17, 15) is 4.79 Å². The number of rotatable bonds is 4. The van der Waals surface area contributed by atoms with Crippen molar-refractivity contribution in [1.82, 2.24) is 14.5 Å². The number of aryl methyl sites for hydroxylation is 1. The number of aromatic nitrogens is 2. The Morgan fingerprint density at radius 3 is 2.71 bits per heavy atom. The predicted molar refractivity (Wildman–Crippen MR) is 81.5 cm³/mol. The molecule has 1 saturated heterocycles. The van der Waals surface area contributed by atoms with E-state index in [1.807, 2.05) is 11.0 Å². The summed E-state index contributed by atoms with van der Waals surface area (Å²) in [5, 5.41) is 8.87. The van der Waals surface area contributed by atoms with Crippen LogP contribution in [0.4, 0.5) is 0 Å². The number of carboxylic acid groups (broad SMARTS) is 1. The number of hydrogen-bond donors (Lipinski definition) is 1. The first-order valence-corrected chi connectivity index (χ1v) is 7.58. The molecule has 1 aliphatic rings. The molecular weight excluding hydrogens is 266 g/mol. The number of carbonyl (C=O) groups is 1. The van der Waals surface area contributed by atoms with Gasteiger partial charge < -0.3 is 9.67 Å². The van der Waals surface area contributed by atoms with E-state index in [0.29, 0.717) is 5.92 Å². The molecule has 1 aliphatic heterocycles. The van der Waals surface area contributed by atoms with Crippen LogP contribution in [0, 0.1) is 0 Å². The van der Waals surface area contributed by atoms with Crippen molar-refractivity contribution in [3.63, 3.8) is 0 Å². The van der Waals surface area contributed by atoms with Gasteiger partial charge in [0.25, 0.3) is 0 Å². The SMILES string of the molecule is CCn1c(C2CCN(CC(=O)O)CC2)nc2ccccc21. The summed E-state index contributed by atoms with van der Waals surface area (Å²) in [5.74, 6) is 0.852. The highest BCUT2D eigenvalue weighted by molar-refractivity contribution is 5.76. The second-order valence-electron chi connectivity index (χ2n) is 5.65. The van der Waals surface area contributed by atoms with Gasteiger partial charge in [-0.1, -0.05) is 12.1 Å². The third kappa shape index (κ3) is 2.78. The number of nitrogens with zero attached hydrogens (tertiary/aromatic N) is 3. The van der Waals surface area contributed by atoms with E-state index in [1.54, 1.807) is 0 Å². The second kappa shape index (κ2) is 5.85. The Bertz CT molecular complexity index is 642. The molecule has 1 aromatic carbocycles. The average molecular weight is 287 g/mol. The van der Waals surface area contributed by atoms with Crippen molar-refractivity contribution in [3.8, 4) is 0 Å². The highest BCUT2D eigenvalue weighted by Crippen LogP contribution is 2.30. The normalized spacial score (nSPS) is 17.4. The van der Waals surface area contributed by atoms with Crippen molar-refractivity contribution in [1.29, 1.82) is 0 Å². The van der Waals surface area contributed by atoms with Gasteiger partial charge in [0.2, 0.25) is 0 Å². The molecule has 0 radical (unpaired) electrons. The van der Waals surface area contributed by atoms with Gasteiger partial charge in [0.1, 0.15) is 5.82 Å². The van der Waals surface area contributed by atoms with Crippen molar-refractivity contribution in [2.45, 2.75) is 32.2 Å². The summed E-state index contributed by atoms with van der Waals surface area (Å²) < 4.78 is 2.30. The molecule has 0 spiro atoms. The minimum Gasteiger partial charge on any atom is -0.480 e. The Morgan fingerprint density at radius 1 is 1.33 bits per heavy atom. The Hall–Kier alpha value is -1.88. The first kappa shape index (κ1) is 14.1. The summed E-state index contributed by atoms with van der Waals surface area (Å²) in [6.07, 6.45) is 1.97. The number of benzene rings is 1. The van der Waals surface area contributed by atoms with E-state index in [0.717, 1.165) is 43.8 Å². The molecule has 0 amide bonds. The number of aliphatic carboxylic acids is 1. The van der Waals surface area contributed by atoms with E-state index >= 15 is 0 Å². The van der Waals surface area contributed by atoms with Crippen molar-refractivity contribution in [3.05, 3.63) is 30.1 Å². The Balaban J connectivity index is 1.80. The van der Waals surface area contributed by atoms with Gasteiger partial charge in [-0.3, -0.25) is 9.69 Å². The average Bonchev–Trinajstić information content (AvgIpc) is 2.86. The van der Waals surface area contributed by atoms with Crippen molar-refractivity contribution >= 4 is 17.0 Å². The molecule has 0 unspecified atom stereocenters. The van der Waals surface area contributed by atoms with Crippen LogP contribution in [0.2, 0.25) is 0 Å². The lowest BCUT2D eigenvalue weighted by atomic mass is 9.96. The fourth-order valence-electron chi connectivity index (χ4n) is 3.28. The molecule has 5 nitrogen and oxygen atoms in total. The monoisotopic (exact) mass is 287 g/mol. The van der Waals surface area contributed by atoms with Crippen LogP contribution >= 0.6 is 0 Å². The molecule has 0 atom stereocenters. The summed E-state index contributed by atoms with van der Waals surface area (Å²) in [5.41, 5.74) is 2.25. The number of carboxylic acids is 1. The lowest BCUT2D eigenvalue weighted by Crippen LogP contribution is -2.37. The van der Waals surface area contributed by atoms with E-state index < -0.39 is 5.97 Å². The number of likely N-dealkylation sites (tertiary alicyclic amines) is 1. The zero-order valence-electron chi connectivity index (χ0n) is 12.3. The third-order valence-electron chi connectivity index (χ3n) is 4.31. The molecule has 0 saturated carbocycles. The molecule has 1 fully saturated rings. The predicted octanol–water partition coefficient (Wildman–Crippen LogP) is 2.32. The van der Waals surface area contributed by atoms with Crippen molar-refractivity contribution < 1.29 is 9.90 Å². The first-order chi connectivity index (χ1) is 10.2. The lowest BCUT2D eigenvalue weighted by molar-refractivity contribution is -0.138. The number of para-hydroxylation sites is 2. The molecule has 5 heteroatoms. The van der Waals surface area contributed by atoms with Gasteiger partial charge in [-0.2, -0.15) is 0 Å². The zero-order valence-corrected chi connectivity index (χ0v) is 12.3. The van der Waals surface area contributed by atoms with Gasteiger partial charge in [0.15, 0.2) is 0 Å². The van der Waals surface area contributed by atoms with Gasteiger partial charge in [-0.25, -0.2) is 4.98 Å². The Kier molecular flexibility index (Phi) is 3.92. The Morgan fingerprint density at radius 2 is 2.05 bits per heavy atom. The number of fused-ring (bicyclic) bond motifs is 1. The van der Waals surface area contributed by atoms with E-state index in [1.165, 1.54) is 5.52 Å². The quantitative estimate of drug-likeness (QED) is 0.937. The molecular formula is C16H21N3O2. The van der Waals surface area contributed by atoms with Gasteiger partial charge in [0.05, 0.1) is 17.6 Å². The lowest BCUT2D eigenvalue weighted by Gasteiger charge is -2.30. The summed E-state index contributed by atoms with van der Waals surface area (Å²) in [6.45, 7) is 4.90. The minimum absolute atomic E-state index is 0.150. The van der Waals surface area contributed by atoms with Gasteiger partial charge in [-0.05, 0) is 45.0 Å². The molecule has 0 aliphatic carbocycles. The number of piperidine rings is 1. The van der Waals surface area contributed by atoms with Crippen LogP contribution in [0.25, 0.3) is 11.0 Å². The summed E-state index contributed by atoms with van der Waals surface area (Å²) in [7, 11) is 0. The minimum atomic E-state index is -0.741. The molecule has 3 rings (SSSR count). The van der Waals surface area contributed by atoms with Crippen LogP contribution in [-0.4, -0.2) is 45.2 Å². The smallest absolute Gasteiger partial charge is 0.317 e. The topological polar surface area (TPSA) is 58.4 Å². The van der Waals surface area contributed by atoms with Crippen LogP contribution in [0.1, 0.15) is 31.5 Å². The number of hydrogen-bond acceptors (Lipinski definition) is 3. The van der Waals surface area contributed by atoms with E-state index in [2.05, 4.69) is 29.7 Å². The van der Waals surface area contributed by atoms with Crippen LogP contribution in [0.15, 0.2) is 24.3 Å². The molecule has 1 N–H and O–H groups in total. The fraction of sp³-hybridized carbons (Fsp3) is 0.500. The highest BCUT2D eigenvalue weighted by Gasteiger charge is 2.25. The summed E-state index contributed by atoms with van der Waals surface area (Å²) >= 11 is 0. The second-order valence-corrected chi connectivity index (χ2v) is 5.65. The van der Waals surface area contributed by atoms with Gasteiger partial charge >= 0.3 is 5.97 Å². The maximum Gasteiger partial charge on any atom is 0.317 e. The van der Waals surface area contributed by atoms with Crippen molar-refractivity contribution in [2.24, 2.45) is 0 Å².